The summed E-state index contributed by atoms with van der Waals surface area (Å²) in [5, 5.41) is 50.0. The van der Waals surface area contributed by atoms with Gasteiger partial charge in [0.1, 0.15) is 54.0 Å². The van der Waals surface area contributed by atoms with Gasteiger partial charge in [0.25, 0.3) is 0 Å². The summed E-state index contributed by atoms with van der Waals surface area (Å²) in [6.07, 6.45) is -23.7. The van der Waals surface area contributed by atoms with Crippen molar-refractivity contribution in [2.45, 2.75) is 261 Å². The number of halogens is 6. The number of hydrogen-bond donors (Lipinski definition) is 7. The van der Waals surface area contributed by atoms with Crippen molar-refractivity contribution >= 4 is 82.9 Å². The van der Waals surface area contributed by atoms with Gasteiger partial charge >= 0.3 is 101 Å². The van der Waals surface area contributed by atoms with Gasteiger partial charge < -0.3 is 104 Å². The van der Waals surface area contributed by atoms with Crippen LogP contribution in [0.5, 0.6) is 0 Å². The van der Waals surface area contributed by atoms with Gasteiger partial charge in [0.05, 0.1) is 39.0 Å². The van der Waals surface area contributed by atoms with Crippen molar-refractivity contribution < 1.29 is 196 Å². The number of ether oxygens (including phenoxy) is 10. The largest absolute Gasteiger partial charge is 1.00 e. The first-order chi connectivity index (χ1) is 43.7. The zero-order valence-corrected chi connectivity index (χ0v) is 58.0. The molecule has 39 heteroatoms. The van der Waals surface area contributed by atoms with E-state index in [-0.39, 0.29) is 78.5 Å². The second kappa shape index (κ2) is 49.3. The Morgan fingerprint density at radius 3 is 1.05 bits per heavy atom. The van der Waals surface area contributed by atoms with Crippen molar-refractivity contribution in [2.24, 2.45) is 23.5 Å². The van der Waals surface area contributed by atoms with Crippen LogP contribution in [0.25, 0.3) is 0 Å². The normalized spacial score (nSPS) is 27.8. The van der Waals surface area contributed by atoms with Crippen molar-refractivity contribution in [3.05, 3.63) is 0 Å². The van der Waals surface area contributed by atoms with E-state index in [0.717, 1.165) is 69.8 Å². The van der Waals surface area contributed by atoms with Gasteiger partial charge in [0.15, 0.2) is 30.7 Å². The maximum atomic E-state index is 15.6. The van der Waals surface area contributed by atoms with Gasteiger partial charge in [-0.05, 0) is 33.6 Å². The number of aliphatic hydroxyl groups excluding tert-OH is 3. The zero-order valence-electron chi connectivity index (χ0n) is 56.0. The van der Waals surface area contributed by atoms with Crippen LogP contribution >= 0.6 is 0 Å². The third-order valence-corrected chi connectivity index (χ3v) is 13.8. The Bertz CT molecular complexity index is 2650. The number of ketones is 3. The van der Waals surface area contributed by atoms with Crippen molar-refractivity contribution in [1.82, 2.24) is 10.6 Å². The molecular formula is C61H102F6N3NaO29. The van der Waals surface area contributed by atoms with E-state index in [0.29, 0.717) is 0 Å². The average molecular weight is 1480 g/mol. The number of Topliss-reactive ketones (excluding diaryl/α,β-unsaturated/α-hetero) is 3. The summed E-state index contributed by atoms with van der Waals surface area (Å²) in [4.78, 5) is 159. The maximum Gasteiger partial charge on any atom is 1.00 e. The molecular weight excluding hydrogens is 1380 g/mol. The standard InChI is InChI=1S/C20H29F2NO9.C18H27F2NO8.C14H21F2NO8.C4H6O3.CH3O.4CH4.Na/c1-7-14(30-11(4)26)17(31-12(5)27)16-13(8-9(2)24)15(23-10(3)25)18(21)20(22,32-16)19(28)29-6;1-6-12(27-9(3)23)15(28-10(4)24)14-11(7-8(2)22)13(21)16(19)18(20,29-14)17(25)26-5;1-5(19)3-7-9(17-6(2)20)12(15)14(16,13(23)24)25-11(7)10(22)8(21)4-18;1-3(5)7-4(2)6;1-2;;;;;/h13-18H,7-8H2,1-6H3,(H,23,25);11-16H,6-7,21H2,1-5H3;7-12,18,21-22H,3-4H2,1-2H3,(H,17,20)(H,23,24);1-2H3;1H3;4*1H4;/q;;;;-1;;;;;+1/t13-,14-,15+,16?,17-,18?,20-;11-,12-,13+,14?,15-,16?,18-;7-,8-,9+,10-,11?,12?,14-;;;;;;;/m111......./s1. The molecule has 32 nitrogen and oxygen atoms in total. The minimum atomic E-state index is -3.93. The van der Waals surface area contributed by atoms with Crippen LogP contribution in [0.2, 0.25) is 0 Å². The molecule has 0 spiro atoms. The van der Waals surface area contributed by atoms with E-state index in [1.807, 2.05) is 5.32 Å². The minimum absolute atomic E-state index is 0. The predicted octanol–water partition coefficient (Wildman–Crippen LogP) is -1.40. The van der Waals surface area contributed by atoms with Gasteiger partial charge in [-0.1, -0.05) is 43.6 Å². The summed E-state index contributed by atoms with van der Waals surface area (Å²) in [7, 11) is 2.39. The molecule has 0 radical (unpaired) electrons. The molecule has 3 rings (SSSR count). The Hall–Kier alpha value is -6.36. The number of esters is 8. The number of nitrogens with two attached hydrogens (primary N) is 1. The SMILES string of the molecule is C.C.C.C.CC(=O)C[C@H]1C([C@H](O)[C@H](O)CO)O[C@@](F)(C(=O)O)C(F)[C@H]1NC(C)=O.CC(=O)OC(C)=O.CC[C@@H](OC(C)=O)[C@@H](OC(C)=O)C1O[C@@](F)(C(=O)OC)C(F)[C@@H](N)[C@H]1CC(C)=O.CC[C@@H](OC(C)=O)[C@@H](OC(C)=O)C1O[C@@](F)(C(=O)OC)C(F)[C@@H](NC(C)=O)[C@H]1CC(C)=O.C[O-].[Na+]. The Morgan fingerprint density at radius 1 is 0.500 bits per heavy atom. The number of hydrogen-bond acceptors (Lipinski definition) is 29. The second-order valence-electron chi connectivity index (χ2n) is 21.5. The van der Waals surface area contributed by atoms with Gasteiger partial charge in [0.2, 0.25) is 11.8 Å². The molecule has 3 fully saturated rings. The maximum absolute atomic E-state index is 15.6. The number of aliphatic hydroxyl groups is 3. The third kappa shape index (κ3) is 31.5. The van der Waals surface area contributed by atoms with Crippen molar-refractivity contribution in [3.63, 3.8) is 0 Å². The Kier molecular flexibility index (Phi) is 52.8. The van der Waals surface area contributed by atoms with E-state index < -0.39 is 229 Å². The molecule has 100 heavy (non-hydrogen) atoms. The number of rotatable bonds is 24. The van der Waals surface area contributed by atoms with Crippen LogP contribution in [0.15, 0.2) is 0 Å². The van der Waals surface area contributed by atoms with Crippen LogP contribution in [0.4, 0.5) is 26.3 Å². The van der Waals surface area contributed by atoms with Crippen LogP contribution in [-0.4, -0.2) is 240 Å². The number of methoxy groups -OCH3 is 2. The van der Waals surface area contributed by atoms with Gasteiger partial charge in [0, 0.05) is 98.4 Å². The molecule has 2 amide bonds. The van der Waals surface area contributed by atoms with Crippen LogP contribution in [0, 0.1) is 17.8 Å². The molecule has 0 aromatic heterocycles. The number of amides is 2. The number of carbonyl (C=O) groups is 14. The Labute approximate surface area is 599 Å². The minimum Gasteiger partial charge on any atom is -0.857 e. The number of aliphatic carboxylic acids is 1. The summed E-state index contributed by atoms with van der Waals surface area (Å²) in [6, 6.07) is -5.22. The van der Waals surface area contributed by atoms with Gasteiger partial charge in [-0.15, -0.1) is 0 Å². The fourth-order valence-electron chi connectivity index (χ4n) is 10.1. The molecule has 0 aliphatic carbocycles. The molecule has 0 aromatic rings. The molecule has 0 saturated carbocycles. The molecule has 3 saturated heterocycles. The van der Waals surface area contributed by atoms with Gasteiger partial charge in [-0.2, -0.15) is 20.3 Å². The van der Waals surface area contributed by atoms with E-state index in [1.54, 1.807) is 13.8 Å². The van der Waals surface area contributed by atoms with E-state index in [9.17, 15) is 90.5 Å². The summed E-state index contributed by atoms with van der Waals surface area (Å²) >= 11 is 0. The fraction of sp³-hybridized carbons (Fsp3) is 0.770. The quantitative estimate of drug-likeness (QED) is 0.0192. The smallest absolute Gasteiger partial charge is 0.857 e. The van der Waals surface area contributed by atoms with Crippen molar-refractivity contribution in [1.29, 1.82) is 0 Å². The zero-order chi connectivity index (χ0) is 74.7. The molecule has 0 aromatic carbocycles. The van der Waals surface area contributed by atoms with Crippen LogP contribution in [-0.2, 0) is 114 Å². The number of carboxylic acid groups (broad SMARTS) is 1. The predicted molar refractivity (Wildman–Crippen MR) is 329 cm³/mol. The number of nitrogens with one attached hydrogen (secondary N) is 2. The molecule has 3 aliphatic rings. The first kappa shape index (κ1) is 107. The second-order valence-corrected chi connectivity index (χ2v) is 21.5. The number of carboxylic acids is 1. The number of carbonyl (C=O) groups excluding carboxylic acids is 13. The Morgan fingerprint density at radius 2 is 0.790 bits per heavy atom. The van der Waals surface area contributed by atoms with E-state index in [2.05, 4.69) is 24.3 Å². The topological polar surface area (TPSA) is 485 Å². The van der Waals surface area contributed by atoms with Gasteiger partial charge in [-0.25, -0.2) is 27.6 Å². The fourth-order valence-corrected chi connectivity index (χ4v) is 10.1. The van der Waals surface area contributed by atoms with Crippen LogP contribution in [0.3, 0.4) is 0 Å². The molecule has 578 valence electrons. The number of alkyl halides is 6. The van der Waals surface area contributed by atoms with E-state index >= 15 is 13.2 Å². The molecule has 21 atom stereocenters. The average Bonchev–Trinajstić information content (AvgIpc) is 0.769. The van der Waals surface area contributed by atoms with Crippen LogP contribution < -0.4 is 51.0 Å². The molecule has 3 aliphatic heterocycles. The van der Waals surface area contributed by atoms with Gasteiger partial charge in [-0.3, -0.25) is 38.4 Å². The van der Waals surface area contributed by atoms with Crippen molar-refractivity contribution in [3.8, 4) is 0 Å². The van der Waals surface area contributed by atoms with Crippen molar-refractivity contribution in [2.75, 3.05) is 27.9 Å². The summed E-state index contributed by atoms with van der Waals surface area (Å²) in [5.74, 6) is -28.1. The summed E-state index contributed by atoms with van der Waals surface area (Å²) in [6.45, 7) is 14.3. The molecule has 0 bridgehead atoms. The summed E-state index contributed by atoms with van der Waals surface area (Å²) in [5.41, 5.74) is 5.84. The van der Waals surface area contributed by atoms with Crippen LogP contribution in [0.1, 0.15) is 152 Å². The summed E-state index contributed by atoms with van der Waals surface area (Å²) < 4.78 is 138. The first-order valence-corrected chi connectivity index (χ1v) is 28.7. The van der Waals surface area contributed by atoms with E-state index in [4.69, 9.17) is 49.5 Å². The van der Waals surface area contributed by atoms with E-state index in [1.165, 1.54) is 27.7 Å². The first-order valence-electron chi connectivity index (χ1n) is 28.7. The third-order valence-electron chi connectivity index (χ3n) is 13.8. The molecule has 6 unspecified atom stereocenters. The monoisotopic (exact) mass is 1480 g/mol. The Balaban J connectivity index is -0.000000239. The molecule has 3 heterocycles. The molecule has 8 N–H and O–H groups in total.